The maximum absolute atomic E-state index is 12.7. The van der Waals surface area contributed by atoms with Crippen LogP contribution in [0.2, 0.25) is 0 Å². The van der Waals surface area contributed by atoms with E-state index in [1.807, 2.05) is 0 Å². The van der Waals surface area contributed by atoms with Crippen molar-refractivity contribution in [3.05, 3.63) is 29.8 Å². The Morgan fingerprint density at radius 1 is 1.41 bits per heavy atom. The zero-order valence-corrected chi connectivity index (χ0v) is 9.90. The summed E-state index contributed by atoms with van der Waals surface area (Å²) in [5.41, 5.74) is 0.553. The van der Waals surface area contributed by atoms with Gasteiger partial charge in [-0.05, 0) is 37.9 Å². The molecule has 1 aromatic rings. The van der Waals surface area contributed by atoms with Crippen molar-refractivity contribution < 1.29 is 9.50 Å². The van der Waals surface area contributed by atoms with Gasteiger partial charge in [0.2, 0.25) is 0 Å². The van der Waals surface area contributed by atoms with Crippen molar-refractivity contribution in [2.24, 2.45) is 0 Å². The summed E-state index contributed by atoms with van der Waals surface area (Å²) in [5.74, 6) is -0.367. The van der Waals surface area contributed by atoms with Gasteiger partial charge in [-0.1, -0.05) is 12.8 Å². The van der Waals surface area contributed by atoms with Gasteiger partial charge < -0.3 is 10.4 Å². The fourth-order valence-electron chi connectivity index (χ4n) is 2.28. The van der Waals surface area contributed by atoms with Crippen LogP contribution in [0.1, 0.15) is 43.9 Å². The molecule has 4 heteroatoms. The fraction of sp³-hybridized carbons (Fsp3) is 0.615. The Bertz CT molecular complexity index is 334. The van der Waals surface area contributed by atoms with Crippen LogP contribution in [0.15, 0.2) is 18.3 Å². The van der Waals surface area contributed by atoms with E-state index in [2.05, 4.69) is 10.3 Å². The van der Waals surface area contributed by atoms with Crippen LogP contribution in [0.3, 0.4) is 0 Å². The first kappa shape index (κ1) is 12.5. The summed E-state index contributed by atoms with van der Waals surface area (Å²) in [7, 11) is 0. The van der Waals surface area contributed by atoms with Gasteiger partial charge in [-0.25, -0.2) is 4.39 Å². The van der Waals surface area contributed by atoms with Crippen LogP contribution in [0, 0.1) is 5.82 Å². The molecule has 0 bridgehead atoms. The Balaban J connectivity index is 1.91. The van der Waals surface area contributed by atoms with E-state index in [4.69, 9.17) is 0 Å². The van der Waals surface area contributed by atoms with Crippen molar-refractivity contribution >= 4 is 0 Å². The van der Waals surface area contributed by atoms with Gasteiger partial charge in [0.15, 0.2) is 0 Å². The van der Waals surface area contributed by atoms with Crippen molar-refractivity contribution in [3.63, 3.8) is 0 Å². The van der Waals surface area contributed by atoms with Crippen molar-refractivity contribution in [2.75, 3.05) is 6.54 Å². The molecule has 0 saturated carbocycles. The van der Waals surface area contributed by atoms with Crippen molar-refractivity contribution in [2.45, 2.75) is 44.2 Å². The van der Waals surface area contributed by atoms with Crippen LogP contribution in [-0.4, -0.2) is 22.7 Å². The van der Waals surface area contributed by atoms with Gasteiger partial charge in [-0.3, -0.25) is 4.98 Å². The minimum atomic E-state index is -0.605. The lowest BCUT2D eigenvalue weighted by Crippen LogP contribution is -2.30. The van der Waals surface area contributed by atoms with Gasteiger partial charge in [-0.15, -0.1) is 0 Å². The summed E-state index contributed by atoms with van der Waals surface area (Å²) in [4.78, 5) is 3.91. The molecule has 0 aliphatic carbocycles. The largest absolute Gasteiger partial charge is 0.387 e. The first-order valence-corrected chi connectivity index (χ1v) is 6.28. The lowest BCUT2D eigenvalue weighted by atomic mass is 10.0. The van der Waals surface area contributed by atoms with Crippen LogP contribution in [0.25, 0.3) is 0 Å². The predicted octanol–water partition coefficient (Wildman–Crippen LogP) is 2.18. The normalized spacial score (nSPS) is 23.1. The van der Waals surface area contributed by atoms with E-state index in [-0.39, 0.29) is 5.82 Å². The fourth-order valence-corrected chi connectivity index (χ4v) is 2.28. The Kier molecular flexibility index (Phi) is 4.45. The molecule has 94 valence electrons. The number of aromatic nitrogens is 1. The highest BCUT2D eigenvalue weighted by Gasteiger charge is 2.17. The van der Waals surface area contributed by atoms with Gasteiger partial charge in [0.05, 0.1) is 18.0 Å². The van der Waals surface area contributed by atoms with Gasteiger partial charge >= 0.3 is 0 Å². The molecule has 3 nitrogen and oxygen atoms in total. The number of nitrogens with one attached hydrogen (secondary N) is 1. The molecule has 0 aromatic carbocycles. The van der Waals surface area contributed by atoms with E-state index in [1.54, 1.807) is 6.07 Å². The lowest BCUT2D eigenvalue weighted by molar-refractivity contribution is 0.146. The van der Waals surface area contributed by atoms with E-state index < -0.39 is 6.10 Å². The van der Waals surface area contributed by atoms with E-state index in [1.165, 1.54) is 25.3 Å². The Labute approximate surface area is 101 Å². The average Bonchev–Trinajstić information content (AvgIpc) is 2.58. The molecule has 2 rings (SSSR count). The van der Waals surface area contributed by atoms with Crippen LogP contribution in [0.5, 0.6) is 0 Å². The summed E-state index contributed by atoms with van der Waals surface area (Å²) < 4.78 is 12.7. The van der Waals surface area contributed by atoms with Crippen molar-refractivity contribution in [1.29, 1.82) is 0 Å². The predicted molar refractivity (Wildman–Crippen MR) is 64.0 cm³/mol. The number of hydrogen-bond donors (Lipinski definition) is 2. The first-order chi connectivity index (χ1) is 8.25. The lowest BCUT2D eigenvalue weighted by Gasteiger charge is -2.19. The number of aliphatic hydroxyl groups excluding tert-OH is 1. The quantitative estimate of drug-likeness (QED) is 0.848. The first-order valence-electron chi connectivity index (χ1n) is 6.28. The van der Waals surface area contributed by atoms with E-state index in [9.17, 15) is 9.50 Å². The summed E-state index contributed by atoms with van der Waals surface area (Å²) in [6.45, 7) is 1.02. The third-order valence-corrected chi connectivity index (χ3v) is 3.26. The SMILES string of the molecule is OC(CC1CCCCCN1)c1ccc(F)cn1. The molecule has 2 heterocycles. The number of aliphatic hydroxyl groups is 1. The zero-order valence-electron chi connectivity index (χ0n) is 9.90. The molecule has 1 saturated heterocycles. The molecule has 0 spiro atoms. The molecule has 2 N–H and O–H groups in total. The standard InChI is InChI=1S/C13H19FN2O/c14-10-5-6-12(16-9-10)13(17)8-11-4-2-1-3-7-15-11/h5-6,9,11,13,15,17H,1-4,7-8H2. The molecule has 1 aromatic heterocycles. The van der Waals surface area contributed by atoms with Gasteiger partial charge in [0.25, 0.3) is 0 Å². The summed E-state index contributed by atoms with van der Waals surface area (Å²) in [6, 6.07) is 3.24. The molecule has 1 aliphatic heterocycles. The van der Waals surface area contributed by atoms with Crippen LogP contribution in [-0.2, 0) is 0 Å². The highest BCUT2D eigenvalue weighted by atomic mass is 19.1. The molecular weight excluding hydrogens is 219 g/mol. The number of hydrogen-bond acceptors (Lipinski definition) is 3. The smallest absolute Gasteiger partial charge is 0.141 e. The molecule has 1 aliphatic rings. The summed E-state index contributed by atoms with van der Waals surface area (Å²) >= 11 is 0. The zero-order chi connectivity index (χ0) is 12.1. The molecule has 0 radical (unpaired) electrons. The van der Waals surface area contributed by atoms with Gasteiger partial charge in [0, 0.05) is 6.04 Å². The van der Waals surface area contributed by atoms with Gasteiger partial charge in [0.1, 0.15) is 5.82 Å². The minimum absolute atomic E-state index is 0.347. The van der Waals surface area contributed by atoms with Crippen LogP contribution < -0.4 is 5.32 Å². The maximum Gasteiger partial charge on any atom is 0.141 e. The highest BCUT2D eigenvalue weighted by Crippen LogP contribution is 2.20. The molecule has 1 fully saturated rings. The monoisotopic (exact) mass is 238 g/mol. The molecule has 17 heavy (non-hydrogen) atoms. The van der Waals surface area contributed by atoms with Crippen LogP contribution >= 0.6 is 0 Å². The Morgan fingerprint density at radius 2 is 2.29 bits per heavy atom. The van der Waals surface area contributed by atoms with E-state index >= 15 is 0 Å². The number of rotatable bonds is 3. The summed E-state index contributed by atoms with van der Waals surface area (Å²) in [6.07, 6.45) is 5.97. The third-order valence-electron chi connectivity index (χ3n) is 3.26. The van der Waals surface area contributed by atoms with E-state index in [0.29, 0.717) is 18.2 Å². The second-order valence-corrected chi connectivity index (χ2v) is 4.65. The highest BCUT2D eigenvalue weighted by molar-refractivity contribution is 5.08. The molecule has 0 amide bonds. The van der Waals surface area contributed by atoms with Crippen LogP contribution in [0.4, 0.5) is 4.39 Å². The second-order valence-electron chi connectivity index (χ2n) is 4.65. The van der Waals surface area contributed by atoms with Crippen molar-refractivity contribution in [1.82, 2.24) is 10.3 Å². The molecule has 2 atom stereocenters. The minimum Gasteiger partial charge on any atom is -0.387 e. The van der Waals surface area contributed by atoms with Crippen molar-refractivity contribution in [3.8, 4) is 0 Å². The number of pyridine rings is 1. The molecule has 2 unspecified atom stereocenters. The molecular formula is C13H19FN2O. The average molecular weight is 238 g/mol. The summed E-state index contributed by atoms with van der Waals surface area (Å²) in [5, 5.41) is 13.5. The van der Waals surface area contributed by atoms with E-state index in [0.717, 1.165) is 19.2 Å². The second kappa shape index (κ2) is 6.07. The third kappa shape index (κ3) is 3.75. The Hall–Kier alpha value is -1.00. The Morgan fingerprint density at radius 3 is 3.06 bits per heavy atom. The number of halogens is 1. The maximum atomic E-state index is 12.7. The van der Waals surface area contributed by atoms with Gasteiger partial charge in [-0.2, -0.15) is 0 Å². The number of nitrogens with zero attached hydrogens (tertiary/aromatic N) is 1. The topological polar surface area (TPSA) is 45.1 Å².